The van der Waals surface area contributed by atoms with Gasteiger partial charge in [-0.05, 0) is 31.1 Å². The van der Waals surface area contributed by atoms with Crippen molar-refractivity contribution >= 4 is 5.97 Å². The lowest BCUT2D eigenvalue weighted by Gasteiger charge is -2.40. The van der Waals surface area contributed by atoms with Gasteiger partial charge in [-0.2, -0.15) is 0 Å². The fraction of sp³-hybridized carbons (Fsp3) is 0.917. The number of rotatable bonds is 3. The Morgan fingerprint density at radius 1 is 1.40 bits per heavy atom. The summed E-state index contributed by atoms with van der Waals surface area (Å²) in [5, 5.41) is 12.9. The lowest BCUT2D eigenvalue weighted by atomic mass is 9.73. The first-order chi connectivity index (χ1) is 7.06. The Balaban J connectivity index is 2.11. The van der Waals surface area contributed by atoms with E-state index in [4.69, 9.17) is 0 Å². The van der Waals surface area contributed by atoms with Gasteiger partial charge < -0.3 is 5.11 Å². The van der Waals surface area contributed by atoms with Gasteiger partial charge in [0, 0.05) is 6.04 Å². The van der Waals surface area contributed by atoms with Crippen LogP contribution in [0.5, 0.6) is 0 Å². The van der Waals surface area contributed by atoms with Gasteiger partial charge in [0.25, 0.3) is 0 Å². The van der Waals surface area contributed by atoms with Crippen LogP contribution >= 0.6 is 0 Å². The number of hydrogen-bond acceptors (Lipinski definition) is 2. The van der Waals surface area contributed by atoms with E-state index in [9.17, 15) is 9.90 Å². The van der Waals surface area contributed by atoms with E-state index in [0.29, 0.717) is 12.0 Å². The molecule has 0 amide bonds. The summed E-state index contributed by atoms with van der Waals surface area (Å²) in [5.74, 6) is 0.278. The van der Waals surface area contributed by atoms with E-state index < -0.39 is 11.5 Å². The topological polar surface area (TPSA) is 49.3 Å². The van der Waals surface area contributed by atoms with Crippen LogP contribution in [-0.4, -0.2) is 22.7 Å². The largest absolute Gasteiger partial charge is 0.480 e. The fourth-order valence-electron chi connectivity index (χ4n) is 2.80. The van der Waals surface area contributed by atoms with Crippen molar-refractivity contribution in [3.63, 3.8) is 0 Å². The molecule has 15 heavy (non-hydrogen) atoms. The molecule has 0 heterocycles. The second-order valence-electron chi connectivity index (χ2n) is 5.39. The van der Waals surface area contributed by atoms with Gasteiger partial charge in [0.15, 0.2) is 0 Å². The number of aliphatic carboxylic acids is 1. The Morgan fingerprint density at radius 3 is 2.53 bits per heavy atom. The smallest absolute Gasteiger partial charge is 0.324 e. The van der Waals surface area contributed by atoms with Crippen molar-refractivity contribution in [2.45, 2.75) is 57.5 Å². The summed E-state index contributed by atoms with van der Waals surface area (Å²) in [5.41, 5.74) is -0.631. The summed E-state index contributed by atoms with van der Waals surface area (Å²) in [7, 11) is 0. The number of nitrogens with one attached hydrogen (secondary N) is 1. The standard InChI is InChI=1S/C12H21NO2/c1-8-7-10(8)13-12(11(14)15)6-4-3-5-9(12)2/h8-10,13H,3-7H2,1-2H3,(H,14,15). The molecule has 0 aromatic rings. The Bertz CT molecular complexity index is 266. The lowest BCUT2D eigenvalue weighted by molar-refractivity contribution is -0.149. The molecule has 0 radical (unpaired) electrons. The van der Waals surface area contributed by atoms with E-state index in [-0.39, 0.29) is 5.92 Å². The predicted molar refractivity (Wildman–Crippen MR) is 58.7 cm³/mol. The van der Waals surface area contributed by atoms with Gasteiger partial charge in [-0.25, -0.2) is 0 Å². The monoisotopic (exact) mass is 211 g/mol. The molecule has 2 aliphatic carbocycles. The van der Waals surface area contributed by atoms with Crippen LogP contribution in [0.4, 0.5) is 0 Å². The maximum absolute atomic E-state index is 11.5. The Labute approximate surface area is 91.2 Å². The zero-order valence-electron chi connectivity index (χ0n) is 9.62. The molecule has 0 bridgehead atoms. The van der Waals surface area contributed by atoms with E-state index in [1.165, 1.54) is 6.42 Å². The highest BCUT2D eigenvalue weighted by molar-refractivity contribution is 5.79. The van der Waals surface area contributed by atoms with Gasteiger partial charge >= 0.3 is 5.97 Å². The molecule has 3 heteroatoms. The van der Waals surface area contributed by atoms with Crippen LogP contribution in [0.25, 0.3) is 0 Å². The van der Waals surface area contributed by atoms with Crippen molar-refractivity contribution < 1.29 is 9.90 Å². The zero-order valence-corrected chi connectivity index (χ0v) is 9.62. The Morgan fingerprint density at radius 2 is 2.07 bits per heavy atom. The van der Waals surface area contributed by atoms with Crippen molar-refractivity contribution in [2.24, 2.45) is 11.8 Å². The minimum Gasteiger partial charge on any atom is -0.480 e. The lowest BCUT2D eigenvalue weighted by Crippen LogP contribution is -2.59. The maximum Gasteiger partial charge on any atom is 0.324 e. The normalized spacial score (nSPS) is 45.1. The van der Waals surface area contributed by atoms with Crippen molar-refractivity contribution in [3.05, 3.63) is 0 Å². The minimum absolute atomic E-state index is 0.261. The van der Waals surface area contributed by atoms with E-state index in [2.05, 4.69) is 19.2 Å². The quantitative estimate of drug-likeness (QED) is 0.751. The first kappa shape index (κ1) is 10.9. The number of hydrogen-bond donors (Lipinski definition) is 2. The molecule has 0 aliphatic heterocycles. The molecular formula is C12H21NO2. The predicted octanol–water partition coefficient (Wildman–Crippen LogP) is 2.02. The average Bonchev–Trinajstić information content (AvgIpc) is 2.85. The molecule has 3 nitrogen and oxygen atoms in total. The average molecular weight is 211 g/mol. The molecule has 0 aromatic carbocycles. The van der Waals surface area contributed by atoms with Crippen LogP contribution in [-0.2, 0) is 4.79 Å². The molecule has 4 unspecified atom stereocenters. The maximum atomic E-state index is 11.5. The second-order valence-corrected chi connectivity index (χ2v) is 5.39. The minimum atomic E-state index is -0.645. The highest BCUT2D eigenvalue weighted by Gasteiger charge is 2.49. The molecule has 2 rings (SSSR count). The van der Waals surface area contributed by atoms with E-state index in [0.717, 1.165) is 25.7 Å². The third kappa shape index (κ3) is 1.89. The molecule has 0 saturated heterocycles. The van der Waals surface area contributed by atoms with Crippen molar-refractivity contribution in [2.75, 3.05) is 0 Å². The van der Waals surface area contributed by atoms with Crippen molar-refractivity contribution in [1.82, 2.24) is 5.32 Å². The Kier molecular flexibility index (Phi) is 2.75. The number of carboxylic acids is 1. The van der Waals surface area contributed by atoms with E-state index in [1.54, 1.807) is 0 Å². The molecule has 2 N–H and O–H groups in total. The SMILES string of the molecule is CC1CC1NC1(C(=O)O)CCCCC1C. The summed E-state index contributed by atoms with van der Waals surface area (Å²) in [4.78, 5) is 11.5. The van der Waals surface area contributed by atoms with Gasteiger partial charge in [-0.1, -0.05) is 26.7 Å². The van der Waals surface area contributed by atoms with Gasteiger partial charge in [-0.15, -0.1) is 0 Å². The van der Waals surface area contributed by atoms with Gasteiger partial charge in [-0.3, -0.25) is 10.1 Å². The molecule has 4 atom stereocenters. The van der Waals surface area contributed by atoms with Crippen LogP contribution in [0, 0.1) is 11.8 Å². The zero-order chi connectivity index (χ0) is 11.1. The second kappa shape index (κ2) is 3.78. The Hall–Kier alpha value is -0.570. The van der Waals surface area contributed by atoms with Crippen LogP contribution in [0.2, 0.25) is 0 Å². The first-order valence-electron chi connectivity index (χ1n) is 6.07. The molecule has 2 saturated carbocycles. The third-order valence-electron chi connectivity index (χ3n) is 4.23. The van der Waals surface area contributed by atoms with Crippen LogP contribution in [0.15, 0.2) is 0 Å². The van der Waals surface area contributed by atoms with Gasteiger partial charge in [0.05, 0.1) is 0 Å². The summed E-state index contributed by atoms with van der Waals surface area (Å²) >= 11 is 0. The highest BCUT2D eigenvalue weighted by Crippen LogP contribution is 2.39. The molecule has 0 aromatic heterocycles. The third-order valence-corrected chi connectivity index (χ3v) is 4.23. The van der Waals surface area contributed by atoms with Crippen molar-refractivity contribution in [1.29, 1.82) is 0 Å². The summed E-state index contributed by atoms with van der Waals surface area (Å²) < 4.78 is 0. The number of carbonyl (C=O) groups is 1. The molecular weight excluding hydrogens is 190 g/mol. The summed E-state index contributed by atoms with van der Waals surface area (Å²) in [6, 6.07) is 0.446. The van der Waals surface area contributed by atoms with Crippen LogP contribution in [0.3, 0.4) is 0 Å². The van der Waals surface area contributed by atoms with E-state index in [1.807, 2.05) is 0 Å². The summed E-state index contributed by atoms with van der Waals surface area (Å²) in [6.45, 7) is 4.26. The first-order valence-corrected chi connectivity index (χ1v) is 6.07. The van der Waals surface area contributed by atoms with Gasteiger partial charge in [0.1, 0.15) is 5.54 Å². The summed E-state index contributed by atoms with van der Waals surface area (Å²) in [6.07, 6.45) is 5.21. The molecule has 86 valence electrons. The molecule has 2 fully saturated rings. The van der Waals surface area contributed by atoms with E-state index >= 15 is 0 Å². The van der Waals surface area contributed by atoms with Crippen molar-refractivity contribution in [3.8, 4) is 0 Å². The fourth-order valence-corrected chi connectivity index (χ4v) is 2.80. The highest BCUT2D eigenvalue weighted by atomic mass is 16.4. The molecule has 0 spiro atoms. The molecule has 2 aliphatic rings. The van der Waals surface area contributed by atoms with Crippen LogP contribution < -0.4 is 5.32 Å². The number of carboxylic acid groups (broad SMARTS) is 1. The van der Waals surface area contributed by atoms with Gasteiger partial charge in [0.2, 0.25) is 0 Å². The van der Waals surface area contributed by atoms with Crippen LogP contribution in [0.1, 0.15) is 46.0 Å².